The minimum atomic E-state index is -0.709. The number of hydrogen-bond donors (Lipinski definition) is 2. The van der Waals surface area contributed by atoms with Crippen LogP contribution in [0.3, 0.4) is 0 Å². The van der Waals surface area contributed by atoms with Crippen molar-refractivity contribution in [2.45, 2.75) is 31.9 Å². The van der Waals surface area contributed by atoms with Crippen LogP contribution in [0.2, 0.25) is 0 Å². The van der Waals surface area contributed by atoms with Gasteiger partial charge in [0.2, 0.25) is 0 Å². The molecule has 0 radical (unpaired) electrons. The summed E-state index contributed by atoms with van der Waals surface area (Å²) in [5, 5.41) is 6.13. The fourth-order valence-corrected chi connectivity index (χ4v) is 2.08. The second kappa shape index (κ2) is 6.52. The molecule has 1 amide bonds. The topological polar surface area (TPSA) is 50.4 Å². The van der Waals surface area contributed by atoms with E-state index in [-0.39, 0.29) is 17.7 Å². The van der Waals surface area contributed by atoms with E-state index in [9.17, 15) is 9.18 Å². The molecule has 1 saturated heterocycles. The Morgan fingerprint density at radius 2 is 2.32 bits per heavy atom. The van der Waals surface area contributed by atoms with Crippen molar-refractivity contribution in [1.29, 1.82) is 0 Å². The zero-order valence-electron chi connectivity index (χ0n) is 11.0. The molecule has 2 rings (SSSR count). The van der Waals surface area contributed by atoms with Gasteiger partial charge in [0.05, 0.1) is 0 Å². The summed E-state index contributed by atoms with van der Waals surface area (Å²) in [5.74, 6) is -0.564. The van der Waals surface area contributed by atoms with Crippen LogP contribution in [0.5, 0.6) is 5.75 Å². The number of amides is 1. The van der Waals surface area contributed by atoms with Crippen molar-refractivity contribution in [1.82, 2.24) is 10.6 Å². The van der Waals surface area contributed by atoms with E-state index in [1.807, 2.05) is 0 Å². The first-order chi connectivity index (χ1) is 9.16. The van der Waals surface area contributed by atoms with Gasteiger partial charge in [0.15, 0.2) is 17.7 Å². The van der Waals surface area contributed by atoms with E-state index in [2.05, 4.69) is 10.6 Å². The van der Waals surface area contributed by atoms with Crippen LogP contribution in [0.25, 0.3) is 0 Å². The zero-order valence-corrected chi connectivity index (χ0v) is 11.0. The standard InChI is InChI=1S/C14H19FN2O2/c1-10(19-13-7-3-2-6-12(13)15)14(18)17-11-5-4-8-16-9-11/h2-3,6-7,10-11,16H,4-5,8-9H2,1H3,(H,17,18)/t10?,11-/m0/s1. The summed E-state index contributed by atoms with van der Waals surface area (Å²) in [6.45, 7) is 3.39. The SMILES string of the molecule is CC(Oc1ccccc1F)C(=O)N[C@H]1CCCNC1. The summed E-state index contributed by atoms with van der Waals surface area (Å²) in [7, 11) is 0. The first-order valence-electron chi connectivity index (χ1n) is 6.59. The molecule has 0 aliphatic carbocycles. The maximum absolute atomic E-state index is 13.4. The first kappa shape index (κ1) is 13.8. The third-order valence-corrected chi connectivity index (χ3v) is 3.15. The van der Waals surface area contributed by atoms with Crippen LogP contribution >= 0.6 is 0 Å². The van der Waals surface area contributed by atoms with E-state index in [1.54, 1.807) is 19.1 Å². The van der Waals surface area contributed by atoms with Gasteiger partial charge in [-0.05, 0) is 38.4 Å². The number of halogens is 1. The highest BCUT2D eigenvalue weighted by molar-refractivity contribution is 5.81. The van der Waals surface area contributed by atoms with Gasteiger partial charge >= 0.3 is 0 Å². The summed E-state index contributed by atoms with van der Waals surface area (Å²) in [5.41, 5.74) is 0. The Kier molecular flexibility index (Phi) is 4.74. The number of nitrogens with one attached hydrogen (secondary N) is 2. The summed E-state index contributed by atoms with van der Waals surface area (Å²) in [6.07, 6.45) is 1.30. The smallest absolute Gasteiger partial charge is 0.261 e. The molecular formula is C14H19FN2O2. The number of carbonyl (C=O) groups is 1. The van der Waals surface area contributed by atoms with Crippen LogP contribution in [0, 0.1) is 5.82 Å². The van der Waals surface area contributed by atoms with Crippen molar-refractivity contribution in [3.63, 3.8) is 0 Å². The Balaban J connectivity index is 1.87. The Labute approximate surface area is 112 Å². The highest BCUT2D eigenvalue weighted by atomic mass is 19.1. The minimum absolute atomic E-state index is 0.104. The molecule has 1 unspecified atom stereocenters. The molecule has 2 N–H and O–H groups in total. The van der Waals surface area contributed by atoms with E-state index < -0.39 is 11.9 Å². The zero-order chi connectivity index (χ0) is 13.7. The molecule has 2 atom stereocenters. The van der Waals surface area contributed by atoms with Crippen LogP contribution in [0.15, 0.2) is 24.3 Å². The van der Waals surface area contributed by atoms with Crippen molar-refractivity contribution in [2.75, 3.05) is 13.1 Å². The van der Waals surface area contributed by atoms with Gasteiger partial charge in [0.25, 0.3) is 5.91 Å². The molecule has 5 heteroatoms. The maximum atomic E-state index is 13.4. The summed E-state index contributed by atoms with van der Waals surface area (Å²) in [6, 6.07) is 6.22. The van der Waals surface area contributed by atoms with Crippen molar-refractivity contribution in [3.8, 4) is 5.75 Å². The second-order valence-corrected chi connectivity index (χ2v) is 4.74. The van der Waals surface area contributed by atoms with Crippen LogP contribution < -0.4 is 15.4 Å². The molecule has 1 aromatic rings. The van der Waals surface area contributed by atoms with Crippen molar-refractivity contribution in [3.05, 3.63) is 30.1 Å². The largest absolute Gasteiger partial charge is 0.478 e. The third kappa shape index (κ3) is 3.92. The van der Waals surface area contributed by atoms with Gasteiger partial charge < -0.3 is 15.4 Å². The lowest BCUT2D eigenvalue weighted by molar-refractivity contribution is -0.128. The number of para-hydroxylation sites is 1. The van der Waals surface area contributed by atoms with Crippen molar-refractivity contribution < 1.29 is 13.9 Å². The van der Waals surface area contributed by atoms with Gasteiger partial charge in [-0.3, -0.25) is 4.79 Å². The average Bonchev–Trinajstić information content (AvgIpc) is 2.42. The fraction of sp³-hybridized carbons (Fsp3) is 0.500. The highest BCUT2D eigenvalue weighted by Gasteiger charge is 2.21. The molecule has 1 heterocycles. The molecule has 4 nitrogen and oxygen atoms in total. The normalized spacial score (nSPS) is 20.6. The molecule has 104 valence electrons. The number of benzene rings is 1. The molecule has 1 fully saturated rings. The lowest BCUT2D eigenvalue weighted by Crippen LogP contribution is -2.49. The van der Waals surface area contributed by atoms with E-state index in [0.717, 1.165) is 25.9 Å². The van der Waals surface area contributed by atoms with E-state index >= 15 is 0 Å². The van der Waals surface area contributed by atoms with Gasteiger partial charge in [-0.25, -0.2) is 4.39 Å². The van der Waals surface area contributed by atoms with Crippen LogP contribution in [-0.4, -0.2) is 31.1 Å². The monoisotopic (exact) mass is 266 g/mol. The number of carbonyl (C=O) groups excluding carboxylic acids is 1. The molecule has 1 aliphatic rings. The van der Waals surface area contributed by atoms with Crippen LogP contribution in [-0.2, 0) is 4.79 Å². The Morgan fingerprint density at radius 1 is 1.53 bits per heavy atom. The quantitative estimate of drug-likeness (QED) is 0.867. The Bertz CT molecular complexity index is 433. The van der Waals surface area contributed by atoms with Crippen molar-refractivity contribution >= 4 is 5.91 Å². The average molecular weight is 266 g/mol. The molecule has 0 aromatic heterocycles. The highest BCUT2D eigenvalue weighted by Crippen LogP contribution is 2.17. The van der Waals surface area contributed by atoms with E-state index in [0.29, 0.717) is 0 Å². The van der Waals surface area contributed by atoms with Gasteiger partial charge in [-0.15, -0.1) is 0 Å². The summed E-state index contributed by atoms with van der Waals surface area (Å²) >= 11 is 0. The number of hydrogen-bond acceptors (Lipinski definition) is 3. The summed E-state index contributed by atoms with van der Waals surface area (Å²) in [4.78, 5) is 11.9. The van der Waals surface area contributed by atoms with Gasteiger partial charge in [-0.2, -0.15) is 0 Å². The molecule has 19 heavy (non-hydrogen) atoms. The number of piperidine rings is 1. The molecular weight excluding hydrogens is 247 g/mol. The fourth-order valence-electron chi connectivity index (χ4n) is 2.08. The van der Waals surface area contributed by atoms with E-state index in [1.165, 1.54) is 12.1 Å². The Hall–Kier alpha value is -1.62. The van der Waals surface area contributed by atoms with Gasteiger partial charge in [-0.1, -0.05) is 12.1 Å². The second-order valence-electron chi connectivity index (χ2n) is 4.74. The molecule has 0 bridgehead atoms. The Morgan fingerprint density at radius 3 is 3.00 bits per heavy atom. The van der Waals surface area contributed by atoms with Crippen molar-refractivity contribution in [2.24, 2.45) is 0 Å². The molecule has 1 aromatic carbocycles. The summed E-state index contributed by atoms with van der Waals surface area (Å²) < 4.78 is 18.7. The molecule has 1 aliphatic heterocycles. The minimum Gasteiger partial charge on any atom is -0.478 e. The maximum Gasteiger partial charge on any atom is 0.261 e. The van der Waals surface area contributed by atoms with Crippen LogP contribution in [0.4, 0.5) is 4.39 Å². The number of ether oxygens (including phenoxy) is 1. The van der Waals surface area contributed by atoms with Crippen LogP contribution in [0.1, 0.15) is 19.8 Å². The van der Waals surface area contributed by atoms with Gasteiger partial charge in [0, 0.05) is 12.6 Å². The first-order valence-corrected chi connectivity index (χ1v) is 6.59. The predicted molar refractivity (Wildman–Crippen MR) is 70.5 cm³/mol. The molecule has 0 saturated carbocycles. The molecule has 0 spiro atoms. The number of rotatable bonds is 4. The van der Waals surface area contributed by atoms with E-state index in [4.69, 9.17) is 4.74 Å². The predicted octanol–water partition coefficient (Wildman–Crippen LogP) is 1.46. The lowest BCUT2D eigenvalue weighted by atomic mass is 10.1. The van der Waals surface area contributed by atoms with Gasteiger partial charge in [0.1, 0.15) is 0 Å². The third-order valence-electron chi connectivity index (χ3n) is 3.15. The lowest BCUT2D eigenvalue weighted by Gasteiger charge is -2.25.